The second-order valence-electron chi connectivity index (χ2n) is 6.27. The molecule has 1 aliphatic rings. The highest BCUT2D eigenvalue weighted by Crippen LogP contribution is 2.49. The number of methoxy groups -OCH3 is 3. The molecule has 28 heavy (non-hydrogen) atoms. The fourth-order valence-corrected chi connectivity index (χ4v) is 5.22. The highest BCUT2D eigenvalue weighted by atomic mass is 32.2. The molecule has 2 heterocycles. The first-order chi connectivity index (χ1) is 13.7. The monoisotopic (exact) mass is 411 g/mol. The SMILES string of the molecule is COc1cc([C@@H]2CC(c3cccs3)=Nc3ccccc3S2)cc(OC)c1OC. The Hall–Kier alpha value is -2.44. The summed E-state index contributed by atoms with van der Waals surface area (Å²) < 4.78 is 16.6. The van der Waals surface area contributed by atoms with Crippen molar-refractivity contribution in [2.24, 2.45) is 4.99 Å². The van der Waals surface area contributed by atoms with E-state index in [1.165, 1.54) is 9.77 Å². The standard InChI is InChI=1S/C22H21NO3S2/c1-24-17-11-14(12-18(25-2)22(17)26-3)21-13-16(19-9-6-10-27-19)23-15-7-4-5-8-20(15)28-21/h4-12,21H,13H2,1-3H3/t21-/m0/s1. The van der Waals surface area contributed by atoms with Gasteiger partial charge in [-0.15, -0.1) is 23.1 Å². The number of fused-ring (bicyclic) bond motifs is 1. The number of para-hydroxylation sites is 1. The van der Waals surface area contributed by atoms with Crippen molar-refractivity contribution in [3.63, 3.8) is 0 Å². The molecule has 2 aromatic carbocycles. The molecule has 0 N–H and O–H groups in total. The van der Waals surface area contributed by atoms with Gasteiger partial charge in [-0.2, -0.15) is 0 Å². The summed E-state index contributed by atoms with van der Waals surface area (Å²) in [7, 11) is 4.92. The molecule has 0 radical (unpaired) electrons. The molecule has 0 spiro atoms. The van der Waals surface area contributed by atoms with Gasteiger partial charge in [-0.05, 0) is 41.3 Å². The quantitative estimate of drug-likeness (QED) is 0.506. The van der Waals surface area contributed by atoms with Crippen LogP contribution in [-0.4, -0.2) is 27.0 Å². The molecule has 6 heteroatoms. The molecule has 3 aromatic rings. The van der Waals surface area contributed by atoms with Gasteiger partial charge in [0.15, 0.2) is 11.5 Å². The summed E-state index contributed by atoms with van der Waals surface area (Å²) in [6.45, 7) is 0. The summed E-state index contributed by atoms with van der Waals surface area (Å²) in [5.41, 5.74) is 3.25. The van der Waals surface area contributed by atoms with Gasteiger partial charge in [0.2, 0.25) is 5.75 Å². The van der Waals surface area contributed by atoms with E-state index in [0.717, 1.165) is 23.4 Å². The number of rotatable bonds is 5. The third kappa shape index (κ3) is 3.62. The van der Waals surface area contributed by atoms with Crippen molar-refractivity contribution in [2.75, 3.05) is 21.3 Å². The normalized spacial score (nSPS) is 16.0. The Bertz CT molecular complexity index is 974. The molecule has 0 bridgehead atoms. The van der Waals surface area contributed by atoms with Gasteiger partial charge in [0.1, 0.15) is 0 Å². The van der Waals surface area contributed by atoms with E-state index in [1.807, 2.05) is 30.0 Å². The second-order valence-corrected chi connectivity index (χ2v) is 8.47. The van der Waals surface area contributed by atoms with Crippen LogP contribution < -0.4 is 14.2 Å². The van der Waals surface area contributed by atoms with Gasteiger partial charge in [0.05, 0.1) is 32.7 Å². The minimum absolute atomic E-state index is 0.179. The number of hydrogen-bond donors (Lipinski definition) is 0. The van der Waals surface area contributed by atoms with Gasteiger partial charge < -0.3 is 14.2 Å². The van der Waals surface area contributed by atoms with Gasteiger partial charge in [0, 0.05) is 21.4 Å². The molecule has 1 aliphatic heterocycles. The van der Waals surface area contributed by atoms with E-state index in [-0.39, 0.29) is 5.25 Å². The molecule has 144 valence electrons. The largest absolute Gasteiger partial charge is 0.493 e. The maximum absolute atomic E-state index is 5.57. The zero-order chi connectivity index (χ0) is 19.5. The lowest BCUT2D eigenvalue weighted by Gasteiger charge is -2.19. The zero-order valence-electron chi connectivity index (χ0n) is 16.0. The molecule has 1 atom stereocenters. The first-order valence-electron chi connectivity index (χ1n) is 8.90. The van der Waals surface area contributed by atoms with Crippen LogP contribution in [-0.2, 0) is 0 Å². The molecule has 0 amide bonds. The van der Waals surface area contributed by atoms with Crippen LogP contribution >= 0.6 is 23.1 Å². The molecule has 1 aromatic heterocycles. The van der Waals surface area contributed by atoms with Crippen molar-refractivity contribution in [1.82, 2.24) is 0 Å². The van der Waals surface area contributed by atoms with Crippen LogP contribution in [0.2, 0.25) is 0 Å². The third-order valence-electron chi connectivity index (χ3n) is 4.63. The minimum atomic E-state index is 0.179. The molecule has 4 rings (SSSR count). The van der Waals surface area contributed by atoms with Gasteiger partial charge in [0.25, 0.3) is 0 Å². The second kappa shape index (κ2) is 8.29. The number of hydrogen-bond acceptors (Lipinski definition) is 6. The zero-order valence-corrected chi connectivity index (χ0v) is 17.6. The summed E-state index contributed by atoms with van der Waals surface area (Å²) in [6, 6.07) is 16.6. The van der Waals surface area contributed by atoms with Crippen molar-refractivity contribution in [2.45, 2.75) is 16.6 Å². The highest BCUT2D eigenvalue weighted by Gasteiger charge is 2.25. The fraction of sp³-hybridized carbons (Fsp3) is 0.227. The van der Waals surface area contributed by atoms with E-state index in [2.05, 4.69) is 35.7 Å². The number of ether oxygens (including phenoxy) is 3. The van der Waals surface area contributed by atoms with Crippen LogP contribution in [0.15, 0.2) is 63.8 Å². The number of nitrogens with zero attached hydrogens (tertiary/aromatic N) is 1. The minimum Gasteiger partial charge on any atom is -0.493 e. The lowest BCUT2D eigenvalue weighted by Crippen LogP contribution is -2.05. The van der Waals surface area contributed by atoms with E-state index < -0.39 is 0 Å². The number of aliphatic imine (C=N–C) groups is 1. The highest BCUT2D eigenvalue weighted by molar-refractivity contribution is 7.99. The van der Waals surface area contributed by atoms with Crippen molar-refractivity contribution < 1.29 is 14.2 Å². The smallest absolute Gasteiger partial charge is 0.203 e. The van der Waals surface area contributed by atoms with Crippen LogP contribution in [0, 0.1) is 0 Å². The average molecular weight is 412 g/mol. The lowest BCUT2D eigenvalue weighted by atomic mass is 10.0. The van der Waals surface area contributed by atoms with Crippen molar-refractivity contribution >= 4 is 34.5 Å². The predicted molar refractivity (Wildman–Crippen MR) is 116 cm³/mol. The van der Waals surface area contributed by atoms with Gasteiger partial charge in [-0.1, -0.05) is 18.2 Å². The van der Waals surface area contributed by atoms with E-state index >= 15 is 0 Å². The van der Waals surface area contributed by atoms with E-state index in [1.54, 1.807) is 32.7 Å². The number of thiophene rings is 1. The van der Waals surface area contributed by atoms with Crippen molar-refractivity contribution in [3.05, 3.63) is 64.4 Å². The Morgan fingerprint density at radius 2 is 1.68 bits per heavy atom. The fourth-order valence-electron chi connectivity index (χ4n) is 3.28. The maximum Gasteiger partial charge on any atom is 0.203 e. The number of thioether (sulfide) groups is 1. The Labute approximate surface area is 173 Å². The Morgan fingerprint density at radius 1 is 0.929 bits per heavy atom. The predicted octanol–water partition coefficient (Wildman–Crippen LogP) is 6.13. The molecular formula is C22H21NO3S2. The molecule has 0 unspecified atom stereocenters. The Morgan fingerprint density at radius 3 is 2.32 bits per heavy atom. The van der Waals surface area contributed by atoms with Crippen LogP contribution in [0.4, 0.5) is 5.69 Å². The van der Waals surface area contributed by atoms with Crippen LogP contribution in [0.3, 0.4) is 0 Å². The number of benzene rings is 2. The van der Waals surface area contributed by atoms with E-state index in [9.17, 15) is 0 Å². The van der Waals surface area contributed by atoms with Crippen LogP contribution in [0.25, 0.3) is 0 Å². The molecule has 0 aliphatic carbocycles. The molecular weight excluding hydrogens is 390 g/mol. The van der Waals surface area contributed by atoms with E-state index in [0.29, 0.717) is 17.2 Å². The maximum atomic E-state index is 5.57. The van der Waals surface area contributed by atoms with Crippen LogP contribution in [0.1, 0.15) is 22.1 Å². The third-order valence-corrected chi connectivity index (χ3v) is 6.87. The van der Waals surface area contributed by atoms with Crippen molar-refractivity contribution in [1.29, 1.82) is 0 Å². The summed E-state index contributed by atoms with van der Waals surface area (Å²) in [5, 5.41) is 2.27. The summed E-state index contributed by atoms with van der Waals surface area (Å²) in [6.07, 6.45) is 0.818. The van der Waals surface area contributed by atoms with Gasteiger partial charge >= 0.3 is 0 Å². The van der Waals surface area contributed by atoms with Gasteiger partial charge in [-0.25, -0.2) is 0 Å². The molecule has 4 nitrogen and oxygen atoms in total. The summed E-state index contributed by atoms with van der Waals surface area (Å²) >= 11 is 3.54. The van der Waals surface area contributed by atoms with Crippen molar-refractivity contribution in [3.8, 4) is 17.2 Å². The Kier molecular flexibility index (Phi) is 5.59. The first-order valence-corrected chi connectivity index (χ1v) is 10.7. The van der Waals surface area contributed by atoms with E-state index in [4.69, 9.17) is 19.2 Å². The van der Waals surface area contributed by atoms with Gasteiger partial charge in [-0.3, -0.25) is 4.99 Å². The topological polar surface area (TPSA) is 40.0 Å². The summed E-state index contributed by atoms with van der Waals surface area (Å²) in [4.78, 5) is 7.37. The molecule has 0 fully saturated rings. The van der Waals surface area contributed by atoms with Crippen LogP contribution in [0.5, 0.6) is 17.2 Å². The Balaban J connectivity index is 1.81. The summed E-state index contributed by atoms with van der Waals surface area (Å²) in [5.74, 6) is 1.95. The molecule has 0 saturated heterocycles. The average Bonchev–Trinajstić information content (AvgIpc) is 3.20. The molecule has 0 saturated carbocycles. The first kappa shape index (κ1) is 18.9. The lowest BCUT2D eigenvalue weighted by molar-refractivity contribution is 0.324.